The maximum atomic E-state index is 12.5. The van der Waals surface area contributed by atoms with Crippen LogP contribution in [0.2, 0.25) is 0 Å². The van der Waals surface area contributed by atoms with Crippen molar-refractivity contribution < 1.29 is 23.5 Å². The van der Waals surface area contributed by atoms with Crippen LogP contribution < -0.4 is 0 Å². The van der Waals surface area contributed by atoms with Gasteiger partial charge in [-0.15, -0.1) is 0 Å². The van der Waals surface area contributed by atoms with Gasteiger partial charge in [-0.3, -0.25) is 4.79 Å². The number of hydrogen-bond donors (Lipinski definition) is 1. The van der Waals surface area contributed by atoms with Crippen LogP contribution in [-0.2, 0) is 9.59 Å². The van der Waals surface area contributed by atoms with Gasteiger partial charge in [0, 0.05) is 12.1 Å². The Hall–Kier alpha value is -1.98. The fourth-order valence-electron chi connectivity index (χ4n) is 1.66. The Morgan fingerprint density at radius 3 is 2.50 bits per heavy atom. The monoisotopic (exact) mass is 257 g/mol. The number of carboxylic acids is 1. The first-order chi connectivity index (χ1) is 8.51. The lowest BCUT2D eigenvalue weighted by Crippen LogP contribution is -2.33. The highest BCUT2D eigenvalue weighted by Gasteiger charge is 2.26. The molecule has 1 amide bonds. The molecule has 0 heterocycles. The van der Waals surface area contributed by atoms with E-state index in [-0.39, 0.29) is 17.7 Å². The van der Waals surface area contributed by atoms with Crippen molar-refractivity contribution in [3.05, 3.63) is 35.4 Å². The van der Waals surface area contributed by atoms with Crippen molar-refractivity contribution in [3.63, 3.8) is 0 Å². The number of alkyl halides is 2. The highest BCUT2D eigenvalue weighted by molar-refractivity contribution is 5.78. The number of benzene rings is 1. The molecule has 98 valence electrons. The molecule has 0 spiro atoms. The Labute approximate surface area is 103 Å². The number of rotatable bonds is 6. The summed E-state index contributed by atoms with van der Waals surface area (Å²) < 4.78 is 25.1. The molecule has 0 aliphatic carbocycles. The van der Waals surface area contributed by atoms with Gasteiger partial charge in [0.15, 0.2) is 6.04 Å². The normalized spacial score (nSPS) is 12.2. The summed E-state index contributed by atoms with van der Waals surface area (Å²) in [6.07, 6.45) is -2.28. The van der Waals surface area contributed by atoms with Gasteiger partial charge in [0.2, 0.25) is 6.41 Å². The Bertz CT molecular complexity index is 437. The van der Waals surface area contributed by atoms with Gasteiger partial charge in [-0.2, -0.15) is 0 Å². The molecular weight excluding hydrogens is 244 g/mol. The first kappa shape index (κ1) is 14.1. The Morgan fingerprint density at radius 1 is 1.44 bits per heavy atom. The van der Waals surface area contributed by atoms with E-state index in [1.54, 1.807) is 6.92 Å². The fraction of sp³-hybridized carbons (Fsp3) is 0.333. The third-order valence-corrected chi connectivity index (χ3v) is 2.54. The number of likely N-dealkylation sites (N-methyl/N-ethyl adjacent to an activating group) is 1. The van der Waals surface area contributed by atoms with Crippen LogP contribution in [0.1, 0.15) is 30.5 Å². The summed E-state index contributed by atoms with van der Waals surface area (Å²) in [7, 11) is 0. The van der Waals surface area contributed by atoms with E-state index in [9.17, 15) is 18.4 Å². The van der Waals surface area contributed by atoms with Gasteiger partial charge in [0.25, 0.3) is 6.43 Å². The predicted molar refractivity (Wildman–Crippen MR) is 60.2 cm³/mol. The molecule has 1 unspecified atom stereocenters. The maximum absolute atomic E-state index is 12.5. The molecule has 0 radical (unpaired) electrons. The van der Waals surface area contributed by atoms with E-state index in [4.69, 9.17) is 5.11 Å². The summed E-state index contributed by atoms with van der Waals surface area (Å²) >= 11 is 0. The molecule has 18 heavy (non-hydrogen) atoms. The molecule has 0 fully saturated rings. The van der Waals surface area contributed by atoms with Gasteiger partial charge >= 0.3 is 5.97 Å². The molecule has 0 aliphatic heterocycles. The molecule has 4 nitrogen and oxygen atoms in total. The number of carbonyl (C=O) groups is 2. The average Bonchev–Trinajstić information content (AvgIpc) is 2.35. The third-order valence-electron chi connectivity index (χ3n) is 2.54. The SMILES string of the molecule is CCN(C=O)C(C(=O)O)c1cccc(C(F)F)c1. The third kappa shape index (κ3) is 3.03. The number of carboxylic acid groups (broad SMARTS) is 1. The van der Waals surface area contributed by atoms with E-state index in [2.05, 4.69) is 0 Å². The molecule has 1 aromatic carbocycles. The van der Waals surface area contributed by atoms with E-state index >= 15 is 0 Å². The smallest absolute Gasteiger partial charge is 0.331 e. The van der Waals surface area contributed by atoms with Gasteiger partial charge in [-0.1, -0.05) is 18.2 Å². The lowest BCUT2D eigenvalue weighted by molar-refractivity contribution is -0.146. The Balaban J connectivity index is 3.17. The van der Waals surface area contributed by atoms with Crippen LogP contribution in [0.25, 0.3) is 0 Å². The molecule has 0 bridgehead atoms. The van der Waals surface area contributed by atoms with Crippen LogP contribution in [0.15, 0.2) is 24.3 Å². The quantitative estimate of drug-likeness (QED) is 0.795. The van der Waals surface area contributed by atoms with Crippen molar-refractivity contribution in [3.8, 4) is 0 Å². The minimum absolute atomic E-state index is 0.161. The van der Waals surface area contributed by atoms with Gasteiger partial charge in [-0.05, 0) is 18.6 Å². The van der Waals surface area contributed by atoms with Gasteiger partial charge in [0.05, 0.1) is 0 Å². The van der Waals surface area contributed by atoms with E-state index < -0.39 is 18.4 Å². The van der Waals surface area contributed by atoms with Crippen molar-refractivity contribution in [1.82, 2.24) is 4.90 Å². The number of amides is 1. The van der Waals surface area contributed by atoms with Crippen LogP contribution in [0.3, 0.4) is 0 Å². The topological polar surface area (TPSA) is 57.6 Å². The molecule has 6 heteroatoms. The Kier molecular flexibility index (Phi) is 4.76. The number of carbonyl (C=O) groups excluding carboxylic acids is 1. The predicted octanol–water partition coefficient (Wildman–Crippen LogP) is 2.23. The largest absolute Gasteiger partial charge is 0.479 e. The first-order valence-electron chi connectivity index (χ1n) is 5.33. The molecule has 0 saturated heterocycles. The number of nitrogens with zero attached hydrogens (tertiary/aromatic N) is 1. The summed E-state index contributed by atoms with van der Waals surface area (Å²) in [4.78, 5) is 23.0. The van der Waals surface area contributed by atoms with E-state index in [0.29, 0.717) is 6.41 Å². The zero-order valence-electron chi connectivity index (χ0n) is 9.72. The van der Waals surface area contributed by atoms with E-state index in [1.165, 1.54) is 18.2 Å². The Morgan fingerprint density at radius 2 is 2.06 bits per heavy atom. The number of hydrogen-bond acceptors (Lipinski definition) is 2. The van der Waals surface area contributed by atoms with Crippen molar-refractivity contribution in [2.75, 3.05) is 6.54 Å². The molecule has 1 atom stereocenters. The second-order valence-corrected chi connectivity index (χ2v) is 3.65. The van der Waals surface area contributed by atoms with E-state index in [0.717, 1.165) is 11.0 Å². The fourth-order valence-corrected chi connectivity index (χ4v) is 1.66. The van der Waals surface area contributed by atoms with Crippen LogP contribution in [0, 0.1) is 0 Å². The summed E-state index contributed by atoms with van der Waals surface area (Å²) in [5.74, 6) is -1.25. The number of halogens is 2. The second-order valence-electron chi connectivity index (χ2n) is 3.65. The zero-order chi connectivity index (χ0) is 13.7. The van der Waals surface area contributed by atoms with Crippen LogP contribution >= 0.6 is 0 Å². The van der Waals surface area contributed by atoms with Gasteiger partial charge in [0.1, 0.15) is 0 Å². The second kappa shape index (κ2) is 6.09. The highest BCUT2D eigenvalue weighted by Crippen LogP contribution is 2.25. The lowest BCUT2D eigenvalue weighted by Gasteiger charge is -2.24. The highest BCUT2D eigenvalue weighted by atomic mass is 19.3. The van der Waals surface area contributed by atoms with Crippen LogP contribution in [-0.4, -0.2) is 28.9 Å². The minimum Gasteiger partial charge on any atom is -0.479 e. The summed E-state index contributed by atoms with van der Waals surface area (Å²) in [5.41, 5.74) is -0.102. The van der Waals surface area contributed by atoms with Gasteiger partial charge < -0.3 is 10.0 Å². The maximum Gasteiger partial charge on any atom is 0.331 e. The molecule has 0 aliphatic rings. The zero-order valence-corrected chi connectivity index (χ0v) is 9.72. The molecule has 1 N–H and O–H groups in total. The molecule has 0 saturated carbocycles. The molecule has 0 aromatic heterocycles. The minimum atomic E-state index is -2.68. The molecule has 1 rings (SSSR count). The van der Waals surface area contributed by atoms with Gasteiger partial charge in [-0.25, -0.2) is 13.6 Å². The lowest BCUT2D eigenvalue weighted by atomic mass is 10.0. The summed E-state index contributed by atoms with van der Waals surface area (Å²) in [5, 5.41) is 9.10. The molecular formula is C12H13F2NO3. The molecule has 1 aromatic rings. The summed E-state index contributed by atoms with van der Waals surface area (Å²) in [6.45, 7) is 1.79. The van der Waals surface area contributed by atoms with Crippen molar-refractivity contribution in [2.45, 2.75) is 19.4 Å². The van der Waals surface area contributed by atoms with Crippen LogP contribution in [0.5, 0.6) is 0 Å². The summed E-state index contributed by atoms with van der Waals surface area (Å²) in [6, 6.07) is 3.84. The van der Waals surface area contributed by atoms with E-state index in [1.807, 2.05) is 0 Å². The average molecular weight is 257 g/mol. The van der Waals surface area contributed by atoms with Crippen molar-refractivity contribution >= 4 is 12.4 Å². The standard InChI is InChI=1S/C12H13F2NO3/c1-2-15(7-16)10(12(17)18)8-4-3-5-9(6-8)11(13)14/h3-7,10-11H,2H2,1H3,(H,17,18). The first-order valence-corrected chi connectivity index (χ1v) is 5.33. The number of aliphatic carboxylic acids is 1. The van der Waals surface area contributed by atoms with Crippen LogP contribution in [0.4, 0.5) is 8.78 Å². The van der Waals surface area contributed by atoms with Crippen molar-refractivity contribution in [1.29, 1.82) is 0 Å². The van der Waals surface area contributed by atoms with Crippen molar-refractivity contribution in [2.24, 2.45) is 0 Å².